The van der Waals surface area contributed by atoms with Crippen LogP contribution in [0.1, 0.15) is 18.9 Å². The first-order valence-corrected chi connectivity index (χ1v) is 5.16. The summed E-state index contributed by atoms with van der Waals surface area (Å²) in [6.45, 7) is 5.90. The third-order valence-corrected chi connectivity index (χ3v) is 1.95. The van der Waals surface area contributed by atoms with E-state index < -0.39 is 0 Å². The predicted molar refractivity (Wildman–Crippen MR) is 60.0 cm³/mol. The topological polar surface area (TPSA) is 57.4 Å². The standard InChI is InChI=1S/C11H18N2O2/c1-3-4-14-5-6-15-11-7-9(2)10(12)8-13-11/h7-8H,3-6,12H2,1-2H3. The molecule has 0 aromatic carbocycles. The molecule has 1 aromatic rings. The summed E-state index contributed by atoms with van der Waals surface area (Å²) in [6.07, 6.45) is 2.64. The van der Waals surface area contributed by atoms with E-state index in [-0.39, 0.29) is 0 Å². The van der Waals surface area contributed by atoms with E-state index >= 15 is 0 Å². The van der Waals surface area contributed by atoms with E-state index in [4.69, 9.17) is 15.2 Å². The molecule has 15 heavy (non-hydrogen) atoms. The molecule has 0 aliphatic carbocycles. The SMILES string of the molecule is CCCOCCOc1cc(C)c(N)cn1. The highest BCUT2D eigenvalue weighted by atomic mass is 16.5. The van der Waals surface area contributed by atoms with Crippen LogP contribution in [0.2, 0.25) is 0 Å². The Labute approximate surface area is 90.4 Å². The van der Waals surface area contributed by atoms with Crippen molar-refractivity contribution in [3.63, 3.8) is 0 Å². The highest BCUT2D eigenvalue weighted by Gasteiger charge is 1.98. The summed E-state index contributed by atoms with van der Waals surface area (Å²) in [5.41, 5.74) is 7.31. The van der Waals surface area contributed by atoms with Crippen molar-refractivity contribution in [2.45, 2.75) is 20.3 Å². The number of hydrogen-bond donors (Lipinski definition) is 1. The van der Waals surface area contributed by atoms with Crippen molar-refractivity contribution < 1.29 is 9.47 Å². The molecule has 84 valence electrons. The molecule has 1 aromatic heterocycles. The number of nitrogens with two attached hydrogens (primary N) is 1. The maximum absolute atomic E-state index is 5.64. The van der Waals surface area contributed by atoms with E-state index in [1.165, 1.54) is 0 Å². The fourth-order valence-electron chi connectivity index (χ4n) is 1.07. The molecule has 2 N–H and O–H groups in total. The summed E-state index contributed by atoms with van der Waals surface area (Å²) in [5, 5.41) is 0. The van der Waals surface area contributed by atoms with Crippen molar-refractivity contribution in [3.8, 4) is 5.88 Å². The van der Waals surface area contributed by atoms with Crippen LogP contribution in [0.3, 0.4) is 0 Å². The highest BCUT2D eigenvalue weighted by Crippen LogP contribution is 2.14. The van der Waals surface area contributed by atoms with Crippen molar-refractivity contribution in [1.82, 2.24) is 4.98 Å². The van der Waals surface area contributed by atoms with E-state index in [0.717, 1.165) is 18.6 Å². The molecule has 0 atom stereocenters. The summed E-state index contributed by atoms with van der Waals surface area (Å²) >= 11 is 0. The minimum atomic E-state index is 0.524. The van der Waals surface area contributed by atoms with Gasteiger partial charge in [-0.1, -0.05) is 6.92 Å². The van der Waals surface area contributed by atoms with Gasteiger partial charge in [0.15, 0.2) is 0 Å². The first kappa shape index (κ1) is 11.8. The molecule has 0 unspecified atom stereocenters. The van der Waals surface area contributed by atoms with Crippen LogP contribution in [-0.4, -0.2) is 24.8 Å². The van der Waals surface area contributed by atoms with Gasteiger partial charge in [-0.05, 0) is 18.9 Å². The van der Waals surface area contributed by atoms with E-state index in [0.29, 0.717) is 24.8 Å². The molecular formula is C11H18N2O2. The summed E-state index contributed by atoms with van der Waals surface area (Å²) in [4.78, 5) is 4.05. The van der Waals surface area contributed by atoms with Gasteiger partial charge in [-0.3, -0.25) is 0 Å². The van der Waals surface area contributed by atoms with E-state index in [1.54, 1.807) is 6.20 Å². The molecule has 0 bridgehead atoms. The number of aryl methyl sites for hydroxylation is 1. The molecule has 0 fully saturated rings. The van der Waals surface area contributed by atoms with Crippen LogP contribution in [0, 0.1) is 6.92 Å². The van der Waals surface area contributed by atoms with Gasteiger partial charge >= 0.3 is 0 Å². The fourth-order valence-corrected chi connectivity index (χ4v) is 1.07. The molecule has 4 nitrogen and oxygen atoms in total. The summed E-state index contributed by atoms with van der Waals surface area (Å²) < 4.78 is 10.7. The Bertz CT molecular complexity index is 303. The number of nitrogens with zero attached hydrogens (tertiary/aromatic N) is 1. The van der Waals surface area contributed by atoms with Crippen LogP contribution in [0.15, 0.2) is 12.3 Å². The summed E-state index contributed by atoms with van der Waals surface area (Å²) in [5.74, 6) is 0.599. The lowest BCUT2D eigenvalue weighted by Gasteiger charge is -2.07. The fraction of sp³-hybridized carbons (Fsp3) is 0.545. The molecule has 0 aliphatic heterocycles. The lowest BCUT2D eigenvalue weighted by molar-refractivity contribution is 0.0990. The first-order valence-electron chi connectivity index (χ1n) is 5.16. The molecule has 0 radical (unpaired) electrons. The summed E-state index contributed by atoms with van der Waals surface area (Å²) in [7, 11) is 0. The largest absolute Gasteiger partial charge is 0.475 e. The monoisotopic (exact) mass is 210 g/mol. The number of rotatable bonds is 6. The van der Waals surface area contributed by atoms with Crippen LogP contribution in [0.5, 0.6) is 5.88 Å². The van der Waals surface area contributed by atoms with Crippen LogP contribution >= 0.6 is 0 Å². The number of anilines is 1. The van der Waals surface area contributed by atoms with E-state index in [2.05, 4.69) is 11.9 Å². The molecular weight excluding hydrogens is 192 g/mol. The van der Waals surface area contributed by atoms with E-state index in [9.17, 15) is 0 Å². The Morgan fingerprint density at radius 2 is 2.13 bits per heavy atom. The van der Waals surface area contributed by atoms with Gasteiger partial charge in [-0.15, -0.1) is 0 Å². The zero-order chi connectivity index (χ0) is 11.1. The lowest BCUT2D eigenvalue weighted by atomic mass is 10.2. The molecule has 0 saturated carbocycles. The third kappa shape index (κ3) is 4.16. The second-order valence-electron chi connectivity index (χ2n) is 3.34. The Balaban J connectivity index is 2.28. The molecule has 0 spiro atoms. The number of ether oxygens (including phenoxy) is 2. The number of aromatic nitrogens is 1. The Hall–Kier alpha value is -1.29. The average Bonchev–Trinajstić information content (AvgIpc) is 2.23. The van der Waals surface area contributed by atoms with Crippen molar-refractivity contribution >= 4 is 5.69 Å². The third-order valence-electron chi connectivity index (χ3n) is 1.95. The van der Waals surface area contributed by atoms with Gasteiger partial charge in [-0.2, -0.15) is 0 Å². The normalized spacial score (nSPS) is 10.3. The number of nitrogen functional groups attached to an aromatic ring is 1. The van der Waals surface area contributed by atoms with Gasteiger partial charge in [0.25, 0.3) is 0 Å². The van der Waals surface area contributed by atoms with Gasteiger partial charge in [0.1, 0.15) is 6.61 Å². The van der Waals surface area contributed by atoms with Crippen molar-refractivity contribution in [2.75, 3.05) is 25.6 Å². The average molecular weight is 210 g/mol. The quantitative estimate of drug-likeness (QED) is 0.727. The van der Waals surface area contributed by atoms with Gasteiger partial charge in [0, 0.05) is 12.7 Å². The van der Waals surface area contributed by atoms with Crippen molar-refractivity contribution in [3.05, 3.63) is 17.8 Å². The van der Waals surface area contributed by atoms with E-state index in [1.807, 2.05) is 13.0 Å². The van der Waals surface area contributed by atoms with Gasteiger partial charge in [0.2, 0.25) is 5.88 Å². The van der Waals surface area contributed by atoms with Gasteiger partial charge < -0.3 is 15.2 Å². The van der Waals surface area contributed by atoms with Crippen LogP contribution in [0.4, 0.5) is 5.69 Å². The van der Waals surface area contributed by atoms with Crippen molar-refractivity contribution in [2.24, 2.45) is 0 Å². The zero-order valence-electron chi connectivity index (χ0n) is 9.32. The maximum Gasteiger partial charge on any atom is 0.213 e. The molecule has 4 heteroatoms. The number of pyridine rings is 1. The minimum Gasteiger partial charge on any atom is -0.475 e. The minimum absolute atomic E-state index is 0.524. The Kier molecular flexibility index (Phi) is 4.90. The maximum atomic E-state index is 5.64. The Morgan fingerprint density at radius 1 is 1.33 bits per heavy atom. The second-order valence-corrected chi connectivity index (χ2v) is 3.34. The molecule has 0 aliphatic rings. The molecule has 1 heterocycles. The molecule has 0 saturated heterocycles. The van der Waals surface area contributed by atoms with Crippen LogP contribution < -0.4 is 10.5 Å². The molecule has 0 amide bonds. The Morgan fingerprint density at radius 3 is 2.80 bits per heavy atom. The predicted octanol–water partition coefficient (Wildman–Crippen LogP) is 1.78. The van der Waals surface area contributed by atoms with Gasteiger partial charge in [-0.25, -0.2) is 4.98 Å². The molecule has 1 rings (SSSR count). The first-order chi connectivity index (χ1) is 7.24. The zero-order valence-corrected chi connectivity index (χ0v) is 9.32. The van der Waals surface area contributed by atoms with Crippen LogP contribution in [-0.2, 0) is 4.74 Å². The van der Waals surface area contributed by atoms with Crippen LogP contribution in [0.25, 0.3) is 0 Å². The highest BCUT2D eigenvalue weighted by molar-refractivity contribution is 5.45. The summed E-state index contributed by atoms with van der Waals surface area (Å²) in [6, 6.07) is 1.83. The lowest BCUT2D eigenvalue weighted by Crippen LogP contribution is -2.08. The van der Waals surface area contributed by atoms with Gasteiger partial charge in [0.05, 0.1) is 18.5 Å². The smallest absolute Gasteiger partial charge is 0.213 e. The second kappa shape index (κ2) is 6.24. The number of hydrogen-bond acceptors (Lipinski definition) is 4. The van der Waals surface area contributed by atoms with Crippen molar-refractivity contribution in [1.29, 1.82) is 0 Å².